The highest BCUT2D eigenvalue weighted by molar-refractivity contribution is 9.10. The van der Waals surface area contributed by atoms with E-state index in [1.54, 1.807) is 0 Å². The van der Waals surface area contributed by atoms with E-state index in [0.29, 0.717) is 0 Å². The molecule has 7 heavy (non-hydrogen) atoms. The summed E-state index contributed by atoms with van der Waals surface area (Å²) in [4.78, 5) is 0. The summed E-state index contributed by atoms with van der Waals surface area (Å²) in [5, 5.41) is 0. The Kier molecular flexibility index (Phi) is 1.19. The summed E-state index contributed by atoms with van der Waals surface area (Å²) in [6.07, 6.45) is 1.93. The normalized spacial score (nSPS) is 9.43. The Bertz CT molecular complexity index is 140. The zero-order valence-corrected chi connectivity index (χ0v) is 5.57. The van der Waals surface area contributed by atoms with Gasteiger partial charge in [0.1, 0.15) is 0 Å². The number of hydrogen-bond acceptors (Lipinski definition) is 0. The number of aryl methyl sites for hydroxylation is 1. The molecule has 0 N–H and O–H groups in total. The Morgan fingerprint density at radius 1 is 1.86 bits per heavy atom. The third kappa shape index (κ3) is 0.855. The van der Waals surface area contributed by atoms with E-state index in [0.717, 1.165) is 4.60 Å². The van der Waals surface area contributed by atoms with E-state index in [9.17, 15) is 0 Å². The van der Waals surface area contributed by atoms with E-state index >= 15 is 0 Å². The van der Waals surface area contributed by atoms with Gasteiger partial charge in [0.25, 0.3) is 0 Å². The van der Waals surface area contributed by atoms with Crippen LogP contribution in [0.1, 0.15) is 0 Å². The molecule has 0 saturated carbocycles. The average Bonchev–Trinajstić information content (AvgIpc) is 1.91. The molecule has 0 bridgehead atoms. The molecule has 0 spiro atoms. The standard InChI is InChI=1S/C5H5BrN/c1-7-4-2-3-5(7)6/h2,4H,1H3. The molecule has 0 amide bonds. The molecule has 1 nitrogen and oxygen atoms in total. The van der Waals surface area contributed by atoms with Crippen LogP contribution in [0.3, 0.4) is 0 Å². The number of halogens is 1. The Morgan fingerprint density at radius 2 is 2.57 bits per heavy atom. The van der Waals surface area contributed by atoms with Crippen LogP contribution in [0.25, 0.3) is 0 Å². The smallest absolute Gasteiger partial charge is 0.0924 e. The predicted octanol–water partition coefficient (Wildman–Crippen LogP) is 1.59. The molecule has 1 rings (SSSR count). The Labute approximate surface area is 51.1 Å². The van der Waals surface area contributed by atoms with Crippen molar-refractivity contribution in [3.05, 3.63) is 22.9 Å². The minimum absolute atomic E-state index is 0.993. The van der Waals surface area contributed by atoms with Crippen LogP contribution in [0, 0.1) is 6.07 Å². The summed E-state index contributed by atoms with van der Waals surface area (Å²) < 4.78 is 2.94. The van der Waals surface area contributed by atoms with Crippen molar-refractivity contribution in [2.45, 2.75) is 0 Å². The van der Waals surface area contributed by atoms with E-state index in [-0.39, 0.29) is 0 Å². The van der Waals surface area contributed by atoms with Gasteiger partial charge in [0.15, 0.2) is 0 Å². The maximum Gasteiger partial charge on any atom is 0.0924 e. The van der Waals surface area contributed by atoms with Crippen molar-refractivity contribution in [1.82, 2.24) is 4.57 Å². The van der Waals surface area contributed by atoms with E-state index in [1.165, 1.54) is 0 Å². The number of hydrogen-bond donors (Lipinski definition) is 0. The van der Waals surface area contributed by atoms with Gasteiger partial charge in [-0.25, -0.2) is 0 Å². The van der Waals surface area contributed by atoms with Gasteiger partial charge in [0.05, 0.1) is 4.60 Å². The van der Waals surface area contributed by atoms with E-state index in [1.807, 2.05) is 23.9 Å². The summed E-state index contributed by atoms with van der Waals surface area (Å²) in [6, 6.07) is 4.81. The topological polar surface area (TPSA) is 4.93 Å². The molecule has 0 aliphatic heterocycles. The van der Waals surface area contributed by atoms with E-state index in [4.69, 9.17) is 0 Å². The Morgan fingerprint density at radius 3 is 2.71 bits per heavy atom. The second kappa shape index (κ2) is 1.70. The number of rotatable bonds is 0. The highest BCUT2D eigenvalue weighted by Crippen LogP contribution is 2.05. The van der Waals surface area contributed by atoms with Crippen LogP contribution in [0.4, 0.5) is 0 Å². The minimum atomic E-state index is 0.993. The Hall–Kier alpha value is -0.240. The van der Waals surface area contributed by atoms with Crippen molar-refractivity contribution in [3.63, 3.8) is 0 Å². The van der Waals surface area contributed by atoms with Crippen LogP contribution in [-0.4, -0.2) is 4.57 Å². The van der Waals surface area contributed by atoms with E-state index < -0.39 is 0 Å². The Balaban J connectivity index is 3.12. The average molecular weight is 159 g/mol. The molecule has 37 valence electrons. The first-order valence-electron chi connectivity index (χ1n) is 1.99. The molecular formula is C5H5BrN. The van der Waals surface area contributed by atoms with Gasteiger partial charge in [-0.1, -0.05) is 0 Å². The summed E-state index contributed by atoms with van der Waals surface area (Å²) in [5.74, 6) is 0. The zero-order chi connectivity index (χ0) is 5.28. The molecule has 0 aliphatic carbocycles. The maximum atomic E-state index is 3.27. The van der Waals surface area contributed by atoms with Crippen LogP contribution in [0.2, 0.25) is 0 Å². The highest BCUT2D eigenvalue weighted by Gasteiger charge is 1.85. The molecule has 0 atom stereocenters. The van der Waals surface area contributed by atoms with Crippen LogP contribution < -0.4 is 0 Å². The van der Waals surface area contributed by atoms with Crippen molar-refractivity contribution in [2.75, 3.05) is 0 Å². The third-order valence-corrected chi connectivity index (χ3v) is 1.60. The SMILES string of the molecule is Cn1cc[c]c1Br. The zero-order valence-electron chi connectivity index (χ0n) is 3.98. The number of nitrogens with zero attached hydrogens (tertiary/aromatic N) is 1. The lowest BCUT2D eigenvalue weighted by Gasteiger charge is -1.87. The van der Waals surface area contributed by atoms with Crippen molar-refractivity contribution in [1.29, 1.82) is 0 Å². The fourth-order valence-corrected chi connectivity index (χ4v) is 0.635. The quantitative estimate of drug-likeness (QED) is 0.541. The molecule has 0 aromatic carbocycles. The lowest BCUT2D eigenvalue weighted by molar-refractivity contribution is 0.901. The molecule has 0 fully saturated rings. The van der Waals surface area contributed by atoms with Crippen molar-refractivity contribution in [3.8, 4) is 0 Å². The summed E-state index contributed by atoms with van der Waals surface area (Å²) in [6.45, 7) is 0. The summed E-state index contributed by atoms with van der Waals surface area (Å²) >= 11 is 3.27. The third-order valence-electron chi connectivity index (χ3n) is 0.810. The molecular weight excluding hydrogens is 154 g/mol. The molecule has 0 unspecified atom stereocenters. The van der Waals surface area contributed by atoms with Crippen LogP contribution >= 0.6 is 15.9 Å². The van der Waals surface area contributed by atoms with Crippen molar-refractivity contribution in [2.24, 2.45) is 7.05 Å². The molecule has 2 heteroatoms. The van der Waals surface area contributed by atoms with Crippen molar-refractivity contribution < 1.29 is 0 Å². The van der Waals surface area contributed by atoms with E-state index in [2.05, 4.69) is 22.0 Å². The second-order valence-electron chi connectivity index (χ2n) is 1.36. The summed E-state index contributed by atoms with van der Waals surface area (Å²) in [5.41, 5.74) is 0. The molecule has 1 radical (unpaired) electrons. The van der Waals surface area contributed by atoms with Gasteiger partial charge in [-0.15, -0.1) is 0 Å². The molecule has 0 aliphatic rings. The fourth-order valence-electron chi connectivity index (χ4n) is 0.385. The molecule has 0 saturated heterocycles. The van der Waals surface area contributed by atoms with Gasteiger partial charge < -0.3 is 4.57 Å². The van der Waals surface area contributed by atoms with Gasteiger partial charge >= 0.3 is 0 Å². The monoisotopic (exact) mass is 158 g/mol. The van der Waals surface area contributed by atoms with Crippen LogP contribution in [0.15, 0.2) is 16.9 Å². The molecule has 1 aromatic heterocycles. The van der Waals surface area contributed by atoms with Gasteiger partial charge in [-0.3, -0.25) is 0 Å². The number of aromatic nitrogens is 1. The first kappa shape index (κ1) is 4.91. The fraction of sp³-hybridized carbons (Fsp3) is 0.200. The minimum Gasteiger partial charge on any atom is -0.345 e. The van der Waals surface area contributed by atoms with Gasteiger partial charge in [-0.2, -0.15) is 0 Å². The molecule has 1 heterocycles. The van der Waals surface area contributed by atoms with Crippen molar-refractivity contribution >= 4 is 15.9 Å². The first-order valence-corrected chi connectivity index (χ1v) is 2.78. The largest absolute Gasteiger partial charge is 0.345 e. The van der Waals surface area contributed by atoms with Crippen LogP contribution in [-0.2, 0) is 7.05 Å². The van der Waals surface area contributed by atoms with Gasteiger partial charge in [-0.05, 0) is 22.0 Å². The lowest BCUT2D eigenvalue weighted by atomic mass is 10.7. The summed E-state index contributed by atoms with van der Waals surface area (Å²) in [7, 11) is 1.96. The second-order valence-corrected chi connectivity index (χ2v) is 2.11. The lowest BCUT2D eigenvalue weighted by Crippen LogP contribution is -1.80. The maximum absolute atomic E-state index is 3.27. The van der Waals surface area contributed by atoms with Gasteiger partial charge in [0, 0.05) is 19.3 Å². The highest BCUT2D eigenvalue weighted by atomic mass is 79.9. The van der Waals surface area contributed by atoms with Gasteiger partial charge in [0.2, 0.25) is 0 Å². The predicted molar refractivity (Wildman–Crippen MR) is 31.9 cm³/mol. The first-order chi connectivity index (χ1) is 3.30. The molecule has 1 aromatic rings. The van der Waals surface area contributed by atoms with Crippen LogP contribution in [0.5, 0.6) is 0 Å².